The van der Waals surface area contributed by atoms with Gasteiger partial charge in [-0.1, -0.05) is 25.8 Å². The Morgan fingerprint density at radius 2 is 2.12 bits per heavy atom. The lowest BCUT2D eigenvalue weighted by Crippen LogP contribution is -2.52. The monoisotopic (exact) mass is 349 g/mol. The molecule has 1 saturated carbocycles. The molecule has 2 aliphatic rings. The maximum absolute atomic E-state index is 5.21. The standard InChI is InChI=1S/C19H31N3OS/c1-14-11-15(2)22(16-7-4-5-8-16)19(12-14)20-18(21-23-3)13-17-9-6-10-24-17/h6,9-10,14-16,19H,4-5,7-8,11-13H2,1-3H3,(H,20,21). The van der Waals surface area contributed by atoms with E-state index in [0.717, 1.165) is 24.6 Å². The molecule has 0 spiro atoms. The van der Waals surface area contributed by atoms with E-state index in [9.17, 15) is 0 Å². The van der Waals surface area contributed by atoms with Crippen molar-refractivity contribution in [3.63, 3.8) is 0 Å². The molecule has 5 heteroatoms. The van der Waals surface area contributed by atoms with Crippen LogP contribution in [0, 0.1) is 5.92 Å². The number of hydrogen-bond donors (Lipinski definition) is 1. The third kappa shape index (κ3) is 4.38. The van der Waals surface area contributed by atoms with Crippen molar-refractivity contribution in [3.8, 4) is 0 Å². The third-order valence-electron chi connectivity index (χ3n) is 5.40. The molecule has 1 aromatic rings. The number of nitrogens with one attached hydrogen (secondary N) is 1. The number of nitrogens with zero attached hydrogens (tertiary/aromatic N) is 2. The van der Waals surface area contributed by atoms with Crippen LogP contribution in [0.3, 0.4) is 0 Å². The van der Waals surface area contributed by atoms with Crippen molar-refractivity contribution < 1.29 is 4.84 Å². The summed E-state index contributed by atoms with van der Waals surface area (Å²) in [5.74, 6) is 1.69. The van der Waals surface area contributed by atoms with Gasteiger partial charge in [-0.15, -0.1) is 11.3 Å². The zero-order valence-electron chi connectivity index (χ0n) is 15.2. The highest BCUT2D eigenvalue weighted by molar-refractivity contribution is 7.10. The molecule has 0 aromatic carbocycles. The van der Waals surface area contributed by atoms with E-state index in [1.807, 2.05) is 0 Å². The predicted octanol–water partition coefficient (Wildman–Crippen LogP) is 4.23. The highest BCUT2D eigenvalue weighted by atomic mass is 32.1. The molecule has 3 atom stereocenters. The van der Waals surface area contributed by atoms with E-state index in [-0.39, 0.29) is 6.17 Å². The SMILES string of the molecule is CONC(Cc1cccs1)=NC1CC(C)CC(C)N1C1CCCC1. The first-order chi connectivity index (χ1) is 11.7. The molecule has 2 fully saturated rings. The highest BCUT2D eigenvalue weighted by Crippen LogP contribution is 2.35. The zero-order valence-corrected chi connectivity index (χ0v) is 16.0. The van der Waals surface area contributed by atoms with E-state index in [4.69, 9.17) is 9.83 Å². The number of rotatable bonds is 5. The van der Waals surface area contributed by atoms with E-state index in [1.165, 1.54) is 37.0 Å². The van der Waals surface area contributed by atoms with Gasteiger partial charge < -0.3 is 0 Å². The maximum Gasteiger partial charge on any atom is 0.127 e. The summed E-state index contributed by atoms with van der Waals surface area (Å²) in [6.07, 6.45) is 8.97. The smallest absolute Gasteiger partial charge is 0.127 e. The average molecular weight is 350 g/mol. The summed E-state index contributed by atoms with van der Waals surface area (Å²) >= 11 is 1.78. The number of likely N-dealkylation sites (tertiary alicyclic amines) is 1. The molecule has 1 aliphatic heterocycles. The Bertz CT molecular complexity index is 525. The van der Waals surface area contributed by atoms with Gasteiger partial charge in [0, 0.05) is 23.4 Å². The first-order valence-corrected chi connectivity index (χ1v) is 10.2. The number of hydroxylamine groups is 1. The van der Waals surface area contributed by atoms with E-state index in [2.05, 4.69) is 41.7 Å². The Balaban J connectivity index is 1.80. The summed E-state index contributed by atoms with van der Waals surface area (Å²) in [4.78, 5) is 14.4. The van der Waals surface area contributed by atoms with Gasteiger partial charge in [-0.05, 0) is 50.0 Å². The first kappa shape index (κ1) is 17.9. The van der Waals surface area contributed by atoms with Crippen molar-refractivity contribution in [2.75, 3.05) is 7.11 Å². The average Bonchev–Trinajstić information content (AvgIpc) is 3.20. The Hall–Kier alpha value is -0.910. The number of aliphatic imine (C=N–C) groups is 1. The molecule has 4 nitrogen and oxygen atoms in total. The molecule has 1 saturated heterocycles. The fourth-order valence-corrected chi connectivity index (χ4v) is 5.19. The number of hydrogen-bond acceptors (Lipinski definition) is 4. The van der Waals surface area contributed by atoms with Crippen LogP contribution < -0.4 is 5.48 Å². The molecule has 1 N–H and O–H groups in total. The fourth-order valence-electron chi connectivity index (χ4n) is 4.48. The normalized spacial score (nSPS) is 30.0. The van der Waals surface area contributed by atoms with E-state index in [1.54, 1.807) is 18.4 Å². The van der Waals surface area contributed by atoms with E-state index in [0.29, 0.717) is 12.1 Å². The summed E-state index contributed by atoms with van der Waals surface area (Å²) in [5, 5.41) is 2.12. The van der Waals surface area contributed by atoms with Gasteiger partial charge in [0.05, 0.1) is 7.11 Å². The molecule has 3 unspecified atom stereocenters. The first-order valence-electron chi connectivity index (χ1n) is 9.33. The van der Waals surface area contributed by atoms with Crippen molar-refractivity contribution in [1.82, 2.24) is 10.4 Å². The van der Waals surface area contributed by atoms with Crippen LogP contribution in [0.15, 0.2) is 22.5 Å². The van der Waals surface area contributed by atoms with Gasteiger partial charge >= 0.3 is 0 Å². The van der Waals surface area contributed by atoms with Crippen LogP contribution in [0.5, 0.6) is 0 Å². The summed E-state index contributed by atoms with van der Waals surface area (Å²) in [6, 6.07) is 5.60. The molecule has 3 rings (SSSR count). The highest BCUT2D eigenvalue weighted by Gasteiger charge is 2.37. The molecule has 0 radical (unpaired) electrons. The lowest BCUT2D eigenvalue weighted by molar-refractivity contribution is 0.0300. The lowest BCUT2D eigenvalue weighted by Gasteiger charge is -2.45. The Labute approximate surface area is 150 Å². The van der Waals surface area contributed by atoms with Crippen molar-refractivity contribution in [2.24, 2.45) is 10.9 Å². The second kappa shape index (κ2) is 8.45. The van der Waals surface area contributed by atoms with Crippen LogP contribution >= 0.6 is 11.3 Å². The van der Waals surface area contributed by atoms with Crippen LogP contribution in [-0.2, 0) is 11.3 Å². The molecule has 1 aromatic heterocycles. The minimum atomic E-state index is 0.282. The van der Waals surface area contributed by atoms with Crippen LogP contribution in [0.4, 0.5) is 0 Å². The topological polar surface area (TPSA) is 36.9 Å². The second-order valence-corrected chi connectivity index (χ2v) is 8.46. The van der Waals surface area contributed by atoms with Crippen LogP contribution in [0.25, 0.3) is 0 Å². The Morgan fingerprint density at radius 1 is 1.33 bits per heavy atom. The molecular weight excluding hydrogens is 318 g/mol. The summed E-state index contributed by atoms with van der Waals surface area (Å²) in [5.41, 5.74) is 3.04. The quantitative estimate of drug-likeness (QED) is 0.491. The summed E-state index contributed by atoms with van der Waals surface area (Å²) in [7, 11) is 1.67. The summed E-state index contributed by atoms with van der Waals surface area (Å²) in [6.45, 7) is 4.76. The lowest BCUT2D eigenvalue weighted by atomic mass is 9.89. The molecule has 0 amide bonds. The fraction of sp³-hybridized carbons (Fsp3) is 0.737. The van der Waals surface area contributed by atoms with Crippen molar-refractivity contribution >= 4 is 17.2 Å². The van der Waals surface area contributed by atoms with Crippen molar-refractivity contribution in [3.05, 3.63) is 22.4 Å². The maximum atomic E-state index is 5.21. The van der Waals surface area contributed by atoms with Gasteiger partial charge in [0.1, 0.15) is 12.0 Å². The number of piperidine rings is 1. The van der Waals surface area contributed by atoms with Gasteiger partial charge in [-0.25, -0.2) is 0 Å². The molecule has 1 aliphatic carbocycles. The number of amidine groups is 1. The Kier molecular flexibility index (Phi) is 6.31. The van der Waals surface area contributed by atoms with Crippen LogP contribution in [0.1, 0.15) is 57.2 Å². The van der Waals surface area contributed by atoms with Gasteiger partial charge in [0.25, 0.3) is 0 Å². The van der Waals surface area contributed by atoms with Gasteiger partial charge in [0.15, 0.2) is 0 Å². The second-order valence-electron chi connectivity index (χ2n) is 7.43. The van der Waals surface area contributed by atoms with E-state index >= 15 is 0 Å². The van der Waals surface area contributed by atoms with Crippen LogP contribution in [0.2, 0.25) is 0 Å². The molecule has 2 heterocycles. The molecule has 134 valence electrons. The molecular formula is C19H31N3OS. The minimum absolute atomic E-state index is 0.282. The van der Waals surface area contributed by atoms with Crippen molar-refractivity contribution in [2.45, 2.75) is 77.0 Å². The zero-order chi connectivity index (χ0) is 16.9. The largest absolute Gasteiger partial charge is 0.278 e. The van der Waals surface area contributed by atoms with Gasteiger partial charge in [0.2, 0.25) is 0 Å². The summed E-state index contributed by atoms with van der Waals surface area (Å²) < 4.78 is 0. The third-order valence-corrected chi connectivity index (χ3v) is 6.28. The molecule has 24 heavy (non-hydrogen) atoms. The predicted molar refractivity (Wildman–Crippen MR) is 101 cm³/mol. The van der Waals surface area contributed by atoms with Gasteiger partial charge in [-0.2, -0.15) is 0 Å². The van der Waals surface area contributed by atoms with E-state index < -0.39 is 0 Å². The molecule has 0 bridgehead atoms. The van der Waals surface area contributed by atoms with Gasteiger partial charge in [-0.3, -0.25) is 20.2 Å². The minimum Gasteiger partial charge on any atom is -0.278 e. The van der Waals surface area contributed by atoms with Crippen molar-refractivity contribution in [1.29, 1.82) is 0 Å². The van der Waals surface area contributed by atoms with Crippen LogP contribution in [-0.4, -0.2) is 36.1 Å². The Morgan fingerprint density at radius 3 is 2.79 bits per heavy atom. The number of thiophene rings is 1.